The summed E-state index contributed by atoms with van der Waals surface area (Å²) in [6.45, 7) is 1.73. The second-order valence-electron chi connectivity index (χ2n) is 5.34. The fraction of sp³-hybridized carbons (Fsp3) is 0.118. The van der Waals surface area contributed by atoms with E-state index in [9.17, 15) is 18.0 Å². The minimum atomic E-state index is -4.42. The fourth-order valence-electron chi connectivity index (χ4n) is 2.31. The number of halogens is 4. The van der Waals surface area contributed by atoms with Crippen LogP contribution in [0, 0.1) is 6.92 Å². The lowest BCUT2D eigenvalue weighted by molar-refractivity contribution is -0.137. The lowest BCUT2D eigenvalue weighted by Crippen LogP contribution is -2.09. The minimum Gasteiger partial charge on any atom is -0.306 e. The summed E-state index contributed by atoms with van der Waals surface area (Å²) in [6, 6.07) is 7.28. The summed E-state index contributed by atoms with van der Waals surface area (Å²) in [7, 11) is 0. The maximum absolute atomic E-state index is 12.7. The van der Waals surface area contributed by atoms with Gasteiger partial charge >= 0.3 is 6.18 Å². The number of aryl methyl sites for hydroxylation is 1. The number of hydrogen-bond donors (Lipinski definition) is 1. The number of alkyl halides is 3. The van der Waals surface area contributed by atoms with Crippen molar-refractivity contribution in [1.29, 1.82) is 0 Å². The fourth-order valence-corrected chi connectivity index (χ4v) is 2.47. The van der Waals surface area contributed by atoms with Gasteiger partial charge in [-0.05, 0) is 25.1 Å². The summed E-state index contributed by atoms with van der Waals surface area (Å²) in [5.41, 5.74) is 0.603. The highest BCUT2D eigenvalue weighted by Crippen LogP contribution is 2.31. The first-order chi connectivity index (χ1) is 11.7. The standard InChI is InChI=1S/C17H11ClF3N3O/c1-9-13(6-12(18)8-22-9)16-23-14(7-15(25)24-16)10-2-4-11(5-3-10)17(19,20)21/h2-8H,1H3,(H,23,24,25). The van der Waals surface area contributed by atoms with Crippen molar-refractivity contribution in [1.82, 2.24) is 15.0 Å². The number of aromatic nitrogens is 3. The van der Waals surface area contributed by atoms with E-state index in [4.69, 9.17) is 11.6 Å². The summed E-state index contributed by atoms with van der Waals surface area (Å²) in [5, 5.41) is 0.378. The Kier molecular flexibility index (Phi) is 4.34. The van der Waals surface area contributed by atoms with E-state index < -0.39 is 17.3 Å². The summed E-state index contributed by atoms with van der Waals surface area (Å²) in [6.07, 6.45) is -2.95. The average Bonchev–Trinajstić information content (AvgIpc) is 2.56. The number of rotatable bonds is 2. The molecular formula is C17H11ClF3N3O. The molecule has 3 rings (SSSR count). The molecule has 0 saturated carbocycles. The van der Waals surface area contributed by atoms with E-state index in [0.29, 0.717) is 21.8 Å². The Morgan fingerprint density at radius 2 is 1.80 bits per heavy atom. The Hall–Kier alpha value is -2.67. The van der Waals surface area contributed by atoms with E-state index in [-0.39, 0.29) is 11.5 Å². The van der Waals surface area contributed by atoms with Crippen LogP contribution >= 0.6 is 11.6 Å². The highest BCUT2D eigenvalue weighted by Gasteiger charge is 2.30. The molecule has 0 aliphatic carbocycles. The van der Waals surface area contributed by atoms with E-state index in [1.54, 1.807) is 13.0 Å². The first-order valence-corrected chi connectivity index (χ1v) is 7.53. The molecule has 1 aromatic carbocycles. The molecule has 8 heteroatoms. The molecule has 128 valence electrons. The maximum atomic E-state index is 12.7. The van der Waals surface area contributed by atoms with Gasteiger partial charge in [0.05, 0.1) is 16.3 Å². The third-order valence-corrected chi connectivity index (χ3v) is 3.77. The molecule has 0 unspecified atom stereocenters. The van der Waals surface area contributed by atoms with E-state index in [0.717, 1.165) is 12.1 Å². The zero-order valence-electron chi connectivity index (χ0n) is 12.9. The van der Waals surface area contributed by atoms with Crippen molar-refractivity contribution in [3.63, 3.8) is 0 Å². The number of nitrogens with one attached hydrogen (secondary N) is 1. The van der Waals surface area contributed by atoms with Gasteiger partial charge in [-0.3, -0.25) is 9.78 Å². The second-order valence-corrected chi connectivity index (χ2v) is 5.78. The molecule has 2 aromatic heterocycles. The number of pyridine rings is 1. The Morgan fingerprint density at radius 3 is 2.44 bits per heavy atom. The highest BCUT2D eigenvalue weighted by molar-refractivity contribution is 6.30. The normalized spacial score (nSPS) is 11.6. The van der Waals surface area contributed by atoms with Gasteiger partial charge in [0, 0.05) is 29.1 Å². The summed E-state index contributed by atoms with van der Waals surface area (Å²) in [4.78, 5) is 23.0. The molecule has 0 fully saturated rings. The van der Waals surface area contributed by atoms with Crippen LogP contribution in [0.4, 0.5) is 13.2 Å². The van der Waals surface area contributed by atoms with E-state index in [2.05, 4.69) is 15.0 Å². The third-order valence-electron chi connectivity index (χ3n) is 3.56. The van der Waals surface area contributed by atoms with Crippen LogP contribution in [0.2, 0.25) is 5.02 Å². The molecule has 0 amide bonds. The third kappa shape index (κ3) is 3.71. The molecule has 4 nitrogen and oxygen atoms in total. The molecule has 0 radical (unpaired) electrons. The Bertz CT molecular complexity index is 982. The van der Waals surface area contributed by atoms with Crippen LogP contribution < -0.4 is 5.56 Å². The van der Waals surface area contributed by atoms with E-state index in [1.165, 1.54) is 24.4 Å². The topological polar surface area (TPSA) is 58.6 Å². The van der Waals surface area contributed by atoms with Gasteiger partial charge in [-0.2, -0.15) is 13.2 Å². The predicted molar refractivity (Wildman–Crippen MR) is 88.3 cm³/mol. The molecule has 3 aromatic rings. The number of H-pyrrole nitrogens is 1. The van der Waals surface area contributed by atoms with Crippen LogP contribution in [0.25, 0.3) is 22.6 Å². The van der Waals surface area contributed by atoms with Gasteiger partial charge in [0.15, 0.2) is 0 Å². The molecule has 0 atom stereocenters. The molecule has 25 heavy (non-hydrogen) atoms. The molecule has 2 heterocycles. The SMILES string of the molecule is Cc1ncc(Cl)cc1-c1nc(-c2ccc(C(F)(F)F)cc2)cc(=O)[nH]1. The van der Waals surface area contributed by atoms with Gasteiger partial charge < -0.3 is 4.98 Å². The van der Waals surface area contributed by atoms with Crippen molar-refractivity contribution in [2.45, 2.75) is 13.1 Å². The molecule has 0 bridgehead atoms. The van der Waals surface area contributed by atoms with Crippen LogP contribution in [0.15, 0.2) is 47.4 Å². The van der Waals surface area contributed by atoms with Crippen LogP contribution in [-0.4, -0.2) is 15.0 Å². The zero-order chi connectivity index (χ0) is 18.2. The molecule has 0 saturated heterocycles. The Labute approximate surface area is 145 Å². The monoisotopic (exact) mass is 365 g/mol. The first kappa shape index (κ1) is 17.2. The van der Waals surface area contributed by atoms with Gasteiger partial charge in [-0.25, -0.2) is 4.98 Å². The van der Waals surface area contributed by atoms with E-state index >= 15 is 0 Å². The quantitative estimate of drug-likeness (QED) is 0.728. The average molecular weight is 366 g/mol. The van der Waals surface area contributed by atoms with Crippen molar-refractivity contribution in [3.8, 4) is 22.6 Å². The number of aromatic amines is 1. The lowest BCUT2D eigenvalue weighted by atomic mass is 10.1. The highest BCUT2D eigenvalue weighted by atomic mass is 35.5. The molecular weight excluding hydrogens is 355 g/mol. The smallest absolute Gasteiger partial charge is 0.306 e. The van der Waals surface area contributed by atoms with Crippen molar-refractivity contribution in [3.05, 3.63) is 69.2 Å². The van der Waals surface area contributed by atoms with Crippen molar-refractivity contribution >= 4 is 11.6 Å². The summed E-state index contributed by atoms with van der Waals surface area (Å²) in [5.74, 6) is 0.245. The van der Waals surface area contributed by atoms with Crippen LogP contribution in [-0.2, 0) is 6.18 Å². The first-order valence-electron chi connectivity index (χ1n) is 7.15. The Balaban J connectivity index is 2.08. The van der Waals surface area contributed by atoms with Gasteiger partial charge in [0.2, 0.25) is 0 Å². The van der Waals surface area contributed by atoms with Gasteiger partial charge in [-0.1, -0.05) is 23.7 Å². The van der Waals surface area contributed by atoms with Gasteiger partial charge in [0.1, 0.15) is 5.82 Å². The van der Waals surface area contributed by atoms with Gasteiger partial charge in [0.25, 0.3) is 5.56 Å². The van der Waals surface area contributed by atoms with Crippen LogP contribution in [0.3, 0.4) is 0 Å². The molecule has 0 aliphatic rings. The number of benzene rings is 1. The van der Waals surface area contributed by atoms with Crippen molar-refractivity contribution in [2.24, 2.45) is 0 Å². The Morgan fingerprint density at radius 1 is 1.12 bits per heavy atom. The van der Waals surface area contributed by atoms with Crippen molar-refractivity contribution < 1.29 is 13.2 Å². The molecule has 1 N–H and O–H groups in total. The lowest BCUT2D eigenvalue weighted by Gasteiger charge is -2.09. The van der Waals surface area contributed by atoms with E-state index in [1.807, 2.05) is 0 Å². The van der Waals surface area contributed by atoms with Crippen LogP contribution in [0.5, 0.6) is 0 Å². The van der Waals surface area contributed by atoms with Crippen molar-refractivity contribution in [2.75, 3.05) is 0 Å². The zero-order valence-corrected chi connectivity index (χ0v) is 13.6. The molecule has 0 aliphatic heterocycles. The predicted octanol–water partition coefficient (Wildman–Crippen LogP) is 4.48. The minimum absolute atomic E-state index is 0.245. The summed E-state index contributed by atoms with van der Waals surface area (Å²) >= 11 is 5.93. The number of hydrogen-bond acceptors (Lipinski definition) is 3. The van der Waals surface area contributed by atoms with Crippen LogP contribution in [0.1, 0.15) is 11.3 Å². The molecule has 0 spiro atoms. The second kappa shape index (κ2) is 6.33. The summed E-state index contributed by atoms with van der Waals surface area (Å²) < 4.78 is 38.0. The maximum Gasteiger partial charge on any atom is 0.416 e. The number of nitrogens with zero attached hydrogens (tertiary/aromatic N) is 2. The van der Waals surface area contributed by atoms with Gasteiger partial charge in [-0.15, -0.1) is 0 Å². The largest absolute Gasteiger partial charge is 0.416 e.